The number of hydrogen-bond donors (Lipinski definition) is 2. The first kappa shape index (κ1) is 20.9. The molecule has 0 aromatic carbocycles. The number of carbonyl (C=O) groups is 3. The lowest BCUT2D eigenvalue weighted by atomic mass is 10.1. The van der Waals surface area contributed by atoms with Gasteiger partial charge in [-0.3, -0.25) is 9.59 Å². The standard InChI is InChI=1S/C11H18N2O2.C7H10O3/c1-3-5-8-6-10(14)13(7-8)9(4-2)11(12)15;1-2-3-5-4-6(8)10-7(5)9/h6,9H,3-5,7H2,1-2H3,(H2,12,15);4,7,9H,2-3H2,1H3/t9-;/m0./s1. The number of aliphatic hydroxyl groups excluding tert-OH is 1. The third-order valence-corrected chi connectivity index (χ3v) is 4.03. The number of amides is 2. The lowest BCUT2D eigenvalue weighted by Gasteiger charge is -2.24. The maximum absolute atomic E-state index is 11.6. The van der Waals surface area contributed by atoms with E-state index in [4.69, 9.17) is 10.8 Å². The summed E-state index contributed by atoms with van der Waals surface area (Å²) in [6.45, 7) is 6.48. The van der Waals surface area contributed by atoms with Crippen molar-refractivity contribution in [3.05, 3.63) is 23.3 Å². The van der Waals surface area contributed by atoms with Gasteiger partial charge in [-0.05, 0) is 24.8 Å². The molecule has 25 heavy (non-hydrogen) atoms. The molecule has 7 heteroatoms. The molecule has 0 fully saturated rings. The van der Waals surface area contributed by atoms with E-state index >= 15 is 0 Å². The Morgan fingerprint density at radius 1 is 1.28 bits per heavy atom. The zero-order valence-corrected chi connectivity index (χ0v) is 15.2. The molecule has 0 saturated carbocycles. The minimum atomic E-state index is -0.979. The summed E-state index contributed by atoms with van der Waals surface area (Å²) in [5.41, 5.74) is 7.04. The number of carbonyl (C=O) groups excluding carboxylic acids is 3. The summed E-state index contributed by atoms with van der Waals surface area (Å²) in [6, 6.07) is -0.455. The molecule has 2 aliphatic rings. The van der Waals surface area contributed by atoms with Crippen molar-refractivity contribution in [3.8, 4) is 0 Å². The van der Waals surface area contributed by atoms with Crippen LogP contribution < -0.4 is 5.73 Å². The maximum Gasteiger partial charge on any atom is 0.333 e. The predicted molar refractivity (Wildman–Crippen MR) is 93.1 cm³/mol. The minimum absolute atomic E-state index is 0.0795. The summed E-state index contributed by atoms with van der Waals surface area (Å²) in [4.78, 5) is 34.8. The van der Waals surface area contributed by atoms with Gasteiger partial charge in [-0.1, -0.05) is 33.6 Å². The van der Waals surface area contributed by atoms with Gasteiger partial charge in [-0.25, -0.2) is 4.79 Å². The second kappa shape index (κ2) is 9.98. The Bertz CT molecular complexity index is 568. The third kappa shape index (κ3) is 6.01. The number of nitrogens with zero attached hydrogens (tertiary/aromatic N) is 1. The number of ether oxygens (including phenoxy) is 1. The van der Waals surface area contributed by atoms with Crippen LogP contribution in [0.3, 0.4) is 0 Å². The van der Waals surface area contributed by atoms with Gasteiger partial charge in [0, 0.05) is 24.3 Å². The summed E-state index contributed by atoms with van der Waals surface area (Å²) in [6.07, 6.45) is 6.16. The molecule has 7 nitrogen and oxygen atoms in total. The van der Waals surface area contributed by atoms with E-state index in [1.54, 1.807) is 11.0 Å². The van der Waals surface area contributed by atoms with Crippen LogP contribution in [-0.2, 0) is 19.1 Å². The van der Waals surface area contributed by atoms with Gasteiger partial charge in [0.15, 0.2) is 0 Å². The number of rotatable bonds is 7. The van der Waals surface area contributed by atoms with E-state index in [1.807, 2.05) is 13.8 Å². The molecule has 1 unspecified atom stereocenters. The Morgan fingerprint density at radius 3 is 2.36 bits per heavy atom. The minimum Gasteiger partial charge on any atom is -0.429 e. The molecule has 2 aliphatic heterocycles. The van der Waals surface area contributed by atoms with Crippen molar-refractivity contribution in [2.24, 2.45) is 5.73 Å². The van der Waals surface area contributed by atoms with Crippen molar-refractivity contribution >= 4 is 17.8 Å². The summed E-state index contributed by atoms with van der Waals surface area (Å²) in [7, 11) is 0. The molecule has 0 spiro atoms. The molecule has 0 saturated heterocycles. The van der Waals surface area contributed by atoms with Crippen LogP contribution in [0.15, 0.2) is 23.3 Å². The quantitative estimate of drug-likeness (QED) is 0.673. The summed E-state index contributed by atoms with van der Waals surface area (Å²) in [5.74, 6) is -0.933. The van der Waals surface area contributed by atoms with E-state index in [-0.39, 0.29) is 5.91 Å². The van der Waals surface area contributed by atoms with Crippen LogP contribution in [0.4, 0.5) is 0 Å². The second-order valence-corrected chi connectivity index (χ2v) is 6.10. The molecular weight excluding hydrogens is 324 g/mol. The van der Waals surface area contributed by atoms with Gasteiger partial charge in [-0.15, -0.1) is 0 Å². The predicted octanol–water partition coefficient (Wildman–Crippen LogP) is 1.41. The van der Waals surface area contributed by atoms with Crippen molar-refractivity contribution < 1.29 is 24.2 Å². The van der Waals surface area contributed by atoms with Gasteiger partial charge in [0.25, 0.3) is 0 Å². The zero-order chi connectivity index (χ0) is 19.0. The van der Waals surface area contributed by atoms with E-state index < -0.39 is 24.2 Å². The van der Waals surface area contributed by atoms with Gasteiger partial charge >= 0.3 is 5.97 Å². The topological polar surface area (TPSA) is 110 Å². The second-order valence-electron chi connectivity index (χ2n) is 6.10. The van der Waals surface area contributed by atoms with Gasteiger partial charge in [0.05, 0.1) is 0 Å². The molecule has 0 radical (unpaired) electrons. The lowest BCUT2D eigenvalue weighted by molar-refractivity contribution is -0.151. The van der Waals surface area contributed by atoms with Crippen LogP contribution in [0, 0.1) is 0 Å². The SMILES string of the molecule is CCCC1=CC(=O)N([C@@H](CC)C(N)=O)C1.CCCC1=CC(=O)OC1O. The summed E-state index contributed by atoms with van der Waals surface area (Å²) >= 11 is 0. The fraction of sp³-hybridized carbons (Fsp3) is 0.611. The summed E-state index contributed by atoms with van der Waals surface area (Å²) in [5, 5.41) is 8.98. The maximum atomic E-state index is 11.6. The fourth-order valence-corrected chi connectivity index (χ4v) is 2.84. The van der Waals surface area contributed by atoms with Gasteiger partial charge in [0.2, 0.25) is 18.1 Å². The first-order valence-electron chi connectivity index (χ1n) is 8.72. The monoisotopic (exact) mass is 352 g/mol. The van der Waals surface area contributed by atoms with E-state index in [1.165, 1.54) is 6.08 Å². The molecule has 0 aromatic heterocycles. The molecule has 2 rings (SSSR count). The molecule has 0 bridgehead atoms. The highest BCUT2D eigenvalue weighted by molar-refractivity contribution is 5.95. The van der Waals surface area contributed by atoms with E-state index in [0.29, 0.717) is 18.5 Å². The van der Waals surface area contributed by atoms with Crippen LogP contribution in [-0.4, -0.2) is 46.7 Å². The Kier molecular flexibility index (Phi) is 8.34. The fourth-order valence-electron chi connectivity index (χ4n) is 2.84. The van der Waals surface area contributed by atoms with Gasteiger partial charge < -0.3 is 20.5 Å². The molecule has 2 amide bonds. The number of primary amides is 1. The molecule has 0 aromatic rings. The number of nitrogens with two attached hydrogens (primary N) is 1. The van der Waals surface area contributed by atoms with Crippen LogP contribution in [0.5, 0.6) is 0 Å². The highest BCUT2D eigenvalue weighted by Gasteiger charge is 2.30. The zero-order valence-electron chi connectivity index (χ0n) is 15.2. The average Bonchev–Trinajstić information content (AvgIpc) is 3.04. The van der Waals surface area contributed by atoms with E-state index in [9.17, 15) is 14.4 Å². The molecule has 0 aliphatic carbocycles. The van der Waals surface area contributed by atoms with Crippen molar-refractivity contribution in [3.63, 3.8) is 0 Å². The Labute approximate surface area is 148 Å². The average molecular weight is 352 g/mol. The van der Waals surface area contributed by atoms with Crippen LogP contribution >= 0.6 is 0 Å². The highest BCUT2D eigenvalue weighted by atomic mass is 16.6. The number of aliphatic hydroxyl groups is 1. The van der Waals surface area contributed by atoms with Crippen molar-refractivity contribution in [2.45, 2.75) is 65.2 Å². The first-order valence-corrected chi connectivity index (χ1v) is 8.72. The molecule has 2 atom stereocenters. The van der Waals surface area contributed by atoms with Crippen molar-refractivity contribution in [1.29, 1.82) is 0 Å². The van der Waals surface area contributed by atoms with Crippen LogP contribution in [0.2, 0.25) is 0 Å². The van der Waals surface area contributed by atoms with E-state index in [2.05, 4.69) is 11.7 Å². The van der Waals surface area contributed by atoms with Crippen LogP contribution in [0.1, 0.15) is 52.9 Å². The normalized spacial score (nSPS) is 20.5. The Hall–Kier alpha value is -2.15. The van der Waals surface area contributed by atoms with E-state index in [0.717, 1.165) is 31.3 Å². The Balaban J connectivity index is 0.000000271. The lowest BCUT2D eigenvalue weighted by Crippen LogP contribution is -2.45. The largest absolute Gasteiger partial charge is 0.429 e. The highest BCUT2D eigenvalue weighted by Crippen LogP contribution is 2.19. The third-order valence-electron chi connectivity index (χ3n) is 4.03. The van der Waals surface area contributed by atoms with Gasteiger partial charge in [-0.2, -0.15) is 0 Å². The van der Waals surface area contributed by atoms with Crippen molar-refractivity contribution in [2.75, 3.05) is 6.54 Å². The smallest absolute Gasteiger partial charge is 0.333 e. The first-order chi connectivity index (χ1) is 11.8. The molecule has 3 N–H and O–H groups in total. The molecule has 2 heterocycles. The number of esters is 1. The number of cyclic esters (lactones) is 1. The van der Waals surface area contributed by atoms with Crippen molar-refractivity contribution in [1.82, 2.24) is 4.90 Å². The van der Waals surface area contributed by atoms with Crippen LogP contribution in [0.25, 0.3) is 0 Å². The Morgan fingerprint density at radius 2 is 1.92 bits per heavy atom. The summed E-state index contributed by atoms with van der Waals surface area (Å²) < 4.78 is 4.45. The molecular formula is C18H28N2O5. The molecule has 140 valence electrons. The number of hydrogen-bond acceptors (Lipinski definition) is 5. The van der Waals surface area contributed by atoms with Gasteiger partial charge in [0.1, 0.15) is 6.04 Å².